The molecule has 1 atom stereocenters. The molecule has 0 bridgehead atoms. The number of aromatic nitrogens is 1. The first-order valence-corrected chi connectivity index (χ1v) is 5.12. The molecule has 16 heavy (non-hydrogen) atoms. The molecule has 0 fully saturated rings. The average molecular weight is 223 g/mol. The number of primary amides is 1. The fraction of sp³-hybridized carbons (Fsp3) is 0.455. The molecule has 3 N–H and O–H groups in total. The van der Waals surface area contributed by atoms with Crippen molar-refractivity contribution in [1.29, 1.82) is 0 Å². The highest BCUT2D eigenvalue weighted by Crippen LogP contribution is 2.13. The number of aryl methyl sites for hydroxylation is 1. The summed E-state index contributed by atoms with van der Waals surface area (Å²) in [6, 6.07) is 3.19. The normalized spacial score (nSPS) is 12.2. The van der Waals surface area contributed by atoms with Gasteiger partial charge in [-0.25, -0.2) is 4.98 Å². The van der Waals surface area contributed by atoms with Crippen LogP contribution in [-0.4, -0.2) is 30.6 Å². The quantitative estimate of drug-likeness (QED) is 0.761. The van der Waals surface area contributed by atoms with Crippen molar-refractivity contribution in [3.8, 4) is 5.88 Å². The number of ether oxygens (including phenoxy) is 1. The monoisotopic (exact) mass is 223 g/mol. The van der Waals surface area contributed by atoms with Gasteiger partial charge in [-0.1, -0.05) is 0 Å². The topological polar surface area (TPSA) is 77.2 Å². The highest BCUT2D eigenvalue weighted by molar-refractivity contribution is 5.93. The van der Waals surface area contributed by atoms with Gasteiger partial charge in [0.15, 0.2) is 0 Å². The second kappa shape index (κ2) is 5.46. The first-order chi connectivity index (χ1) is 7.52. The largest absolute Gasteiger partial charge is 0.473 e. The molecule has 1 rings (SSSR count). The van der Waals surface area contributed by atoms with Crippen LogP contribution in [0.2, 0.25) is 0 Å². The summed E-state index contributed by atoms with van der Waals surface area (Å²) in [5, 5.41) is 3.00. The number of pyridine rings is 1. The fourth-order valence-corrected chi connectivity index (χ4v) is 1.38. The Morgan fingerprint density at radius 3 is 2.88 bits per heavy atom. The third-order valence-corrected chi connectivity index (χ3v) is 2.03. The summed E-state index contributed by atoms with van der Waals surface area (Å²) in [5.41, 5.74) is 6.33. The van der Waals surface area contributed by atoms with E-state index in [-0.39, 0.29) is 6.10 Å². The zero-order valence-electron chi connectivity index (χ0n) is 9.78. The summed E-state index contributed by atoms with van der Waals surface area (Å²) in [7, 11) is 1.85. The number of carbonyl (C=O) groups excluding carboxylic acids is 1. The number of nitrogens with two attached hydrogens (primary N) is 1. The Labute approximate surface area is 95.0 Å². The summed E-state index contributed by atoms with van der Waals surface area (Å²) >= 11 is 0. The molecule has 0 aliphatic carbocycles. The van der Waals surface area contributed by atoms with Gasteiger partial charge in [0.1, 0.15) is 6.10 Å². The van der Waals surface area contributed by atoms with Crippen LogP contribution in [0, 0.1) is 6.92 Å². The van der Waals surface area contributed by atoms with Gasteiger partial charge in [0, 0.05) is 23.9 Å². The summed E-state index contributed by atoms with van der Waals surface area (Å²) in [6.45, 7) is 4.42. The molecule has 0 aromatic carbocycles. The Bertz CT molecular complexity index is 379. The van der Waals surface area contributed by atoms with E-state index in [1.165, 1.54) is 0 Å². The zero-order valence-corrected chi connectivity index (χ0v) is 9.78. The van der Waals surface area contributed by atoms with Gasteiger partial charge in [-0.15, -0.1) is 0 Å². The van der Waals surface area contributed by atoms with E-state index in [0.717, 1.165) is 0 Å². The van der Waals surface area contributed by atoms with Crippen LogP contribution in [0.3, 0.4) is 0 Å². The molecule has 5 heteroatoms. The van der Waals surface area contributed by atoms with Crippen LogP contribution in [0.5, 0.6) is 5.88 Å². The van der Waals surface area contributed by atoms with Crippen LogP contribution in [0.4, 0.5) is 0 Å². The van der Waals surface area contributed by atoms with Gasteiger partial charge < -0.3 is 15.8 Å². The van der Waals surface area contributed by atoms with Crippen molar-refractivity contribution in [2.75, 3.05) is 13.6 Å². The third-order valence-electron chi connectivity index (χ3n) is 2.03. The molecule has 5 nitrogen and oxygen atoms in total. The van der Waals surface area contributed by atoms with Gasteiger partial charge in [0.25, 0.3) is 0 Å². The van der Waals surface area contributed by atoms with Crippen molar-refractivity contribution in [3.05, 3.63) is 23.4 Å². The van der Waals surface area contributed by atoms with Gasteiger partial charge in [0.2, 0.25) is 11.8 Å². The van der Waals surface area contributed by atoms with E-state index in [0.29, 0.717) is 23.7 Å². The molecule has 88 valence electrons. The molecule has 1 amide bonds. The molecule has 1 heterocycles. The first kappa shape index (κ1) is 12.4. The van der Waals surface area contributed by atoms with E-state index in [9.17, 15) is 4.79 Å². The lowest BCUT2D eigenvalue weighted by Crippen LogP contribution is -2.26. The van der Waals surface area contributed by atoms with Crippen molar-refractivity contribution < 1.29 is 9.53 Å². The number of rotatable bonds is 5. The van der Waals surface area contributed by atoms with Crippen molar-refractivity contribution in [2.24, 2.45) is 5.73 Å². The minimum absolute atomic E-state index is 0.0139. The smallest absolute Gasteiger partial charge is 0.248 e. The number of hydrogen-bond donors (Lipinski definition) is 2. The van der Waals surface area contributed by atoms with Crippen LogP contribution in [-0.2, 0) is 0 Å². The Balaban J connectivity index is 2.84. The van der Waals surface area contributed by atoms with Gasteiger partial charge >= 0.3 is 0 Å². The molecule has 0 radical (unpaired) electrons. The minimum Gasteiger partial charge on any atom is -0.473 e. The Morgan fingerprint density at radius 2 is 2.31 bits per heavy atom. The van der Waals surface area contributed by atoms with Crippen LogP contribution >= 0.6 is 0 Å². The summed E-state index contributed by atoms with van der Waals surface area (Å²) in [4.78, 5) is 15.2. The van der Waals surface area contributed by atoms with E-state index in [1.54, 1.807) is 19.1 Å². The van der Waals surface area contributed by atoms with Gasteiger partial charge in [-0.2, -0.15) is 0 Å². The van der Waals surface area contributed by atoms with E-state index in [1.807, 2.05) is 14.0 Å². The van der Waals surface area contributed by atoms with E-state index in [2.05, 4.69) is 10.3 Å². The Hall–Kier alpha value is -1.62. The number of likely N-dealkylation sites (N-methyl/N-ethyl adjacent to an activating group) is 1. The van der Waals surface area contributed by atoms with E-state index >= 15 is 0 Å². The molecule has 0 aliphatic rings. The number of nitrogens with zero attached hydrogens (tertiary/aromatic N) is 1. The highest BCUT2D eigenvalue weighted by atomic mass is 16.5. The van der Waals surface area contributed by atoms with Crippen molar-refractivity contribution in [2.45, 2.75) is 20.0 Å². The first-order valence-electron chi connectivity index (χ1n) is 5.12. The van der Waals surface area contributed by atoms with Crippen LogP contribution in [0.1, 0.15) is 23.0 Å². The van der Waals surface area contributed by atoms with Crippen LogP contribution < -0.4 is 15.8 Å². The maximum absolute atomic E-state index is 11.0. The maximum atomic E-state index is 11.0. The molecule has 0 saturated heterocycles. The van der Waals surface area contributed by atoms with Gasteiger partial charge in [0.05, 0.1) is 0 Å². The average Bonchev–Trinajstić information content (AvgIpc) is 2.16. The molecule has 0 aliphatic heterocycles. The van der Waals surface area contributed by atoms with Gasteiger partial charge in [-0.3, -0.25) is 4.79 Å². The lowest BCUT2D eigenvalue weighted by atomic mass is 10.2. The predicted octanol–water partition coefficient (Wildman–Crippen LogP) is 0.476. The standard InChI is InChI=1S/C11H17N3O2/c1-7-4-9(11(12)15)5-10(14-7)16-8(2)6-13-3/h4-5,8,13H,6H2,1-3H3,(H2,12,15). The number of hydrogen-bond acceptors (Lipinski definition) is 4. The highest BCUT2D eigenvalue weighted by Gasteiger charge is 2.08. The predicted molar refractivity (Wildman–Crippen MR) is 61.5 cm³/mol. The summed E-state index contributed by atoms with van der Waals surface area (Å²) in [6.07, 6.45) is -0.0139. The zero-order chi connectivity index (χ0) is 12.1. The molecule has 1 aromatic heterocycles. The van der Waals surface area contributed by atoms with Crippen molar-refractivity contribution in [3.63, 3.8) is 0 Å². The summed E-state index contributed by atoms with van der Waals surface area (Å²) < 4.78 is 5.54. The molecular weight excluding hydrogens is 206 g/mol. The van der Waals surface area contributed by atoms with E-state index in [4.69, 9.17) is 10.5 Å². The molecule has 0 saturated carbocycles. The Kier molecular flexibility index (Phi) is 4.25. The van der Waals surface area contributed by atoms with Gasteiger partial charge in [-0.05, 0) is 27.0 Å². The second-order valence-electron chi connectivity index (χ2n) is 3.69. The third kappa shape index (κ3) is 3.51. The van der Waals surface area contributed by atoms with Crippen LogP contribution in [0.15, 0.2) is 12.1 Å². The van der Waals surface area contributed by atoms with Crippen LogP contribution in [0.25, 0.3) is 0 Å². The molecule has 0 spiro atoms. The molecule has 1 unspecified atom stereocenters. The lowest BCUT2D eigenvalue weighted by molar-refractivity contribution is 0.0999. The maximum Gasteiger partial charge on any atom is 0.248 e. The van der Waals surface area contributed by atoms with Crippen molar-refractivity contribution >= 4 is 5.91 Å². The molecular formula is C11H17N3O2. The second-order valence-corrected chi connectivity index (χ2v) is 3.69. The Morgan fingerprint density at radius 1 is 1.62 bits per heavy atom. The number of amides is 1. The SMILES string of the molecule is CNCC(C)Oc1cc(C(N)=O)cc(C)n1. The minimum atomic E-state index is -0.475. The summed E-state index contributed by atoms with van der Waals surface area (Å²) in [5.74, 6) is -0.0480. The fourth-order valence-electron chi connectivity index (χ4n) is 1.38. The molecule has 1 aromatic rings. The lowest BCUT2D eigenvalue weighted by Gasteiger charge is -2.14. The number of nitrogens with one attached hydrogen (secondary N) is 1. The number of carbonyl (C=O) groups is 1. The van der Waals surface area contributed by atoms with E-state index < -0.39 is 5.91 Å². The van der Waals surface area contributed by atoms with Crippen molar-refractivity contribution in [1.82, 2.24) is 10.3 Å².